The molecule has 6 nitrogen and oxygen atoms in total. The molecule has 0 amide bonds. The molecule has 0 aliphatic rings. The molecule has 17 heavy (non-hydrogen) atoms. The summed E-state index contributed by atoms with van der Waals surface area (Å²) < 4.78 is 4.94. The normalized spacial score (nSPS) is 10.5. The van der Waals surface area contributed by atoms with Gasteiger partial charge >= 0.3 is 5.97 Å². The van der Waals surface area contributed by atoms with Gasteiger partial charge < -0.3 is 15.5 Å². The monoisotopic (exact) mass is 254 g/mol. The number of rotatable bonds is 4. The fraction of sp³-hybridized carbons (Fsp3) is 0.300. The smallest absolute Gasteiger partial charge is 0.340 e. The molecule has 1 aromatic rings. The molecule has 0 saturated carbocycles. The number of nitrogens with one attached hydrogen (secondary N) is 2. The van der Waals surface area contributed by atoms with Crippen LogP contribution >= 0.6 is 12.2 Å². The second-order valence-electron chi connectivity index (χ2n) is 3.20. The number of carbonyl (C=O) groups is 1. The van der Waals surface area contributed by atoms with Crippen LogP contribution in [0.25, 0.3) is 0 Å². The Morgan fingerprint density at radius 2 is 2.47 bits per heavy atom. The number of aromatic nitrogens is 1. The molecular formula is C10H14N4O2S. The van der Waals surface area contributed by atoms with Gasteiger partial charge in [0.1, 0.15) is 0 Å². The van der Waals surface area contributed by atoms with Gasteiger partial charge in [0.25, 0.3) is 0 Å². The van der Waals surface area contributed by atoms with Gasteiger partial charge in [-0.15, -0.1) is 0 Å². The number of nitrogens with zero attached hydrogens (tertiary/aromatic N) is 1. The van der Waals surface area contributed by atoms with E-state index in [0.29, 0.717) is 17.7 Å². The van der Waals surface area contributed by atoms with E-state index in [1.807, 2.05) is 0 Å². The summed E-state index contributed by atoms with van der Waals surface area (Å²) in [6.45, 7) is 3.86. The third-order valence-electron chi connectivity index (χ3n) is 1.97. The number of nitrogens with two attached hydrogens (primary N) is 1. The van der Waals surface area contributed by atoms with Crippen molar-refractivity contribution in [3.63, 3.8) is 0 Å². The second-order valence-corrected chi connectivity index (χ2v) is 3.64. The Kier molecular flexibility index (Phi) is 4.65. The van der Waals surface area contributed by atoms with Gasteiger partial charge in [-0.2, -0.15) is 5.10 Å². The van der Waals surface area contributed by atoms with Crippen LogP contribution in [-0.2, 0) is 4.74 Å². The SMILES string of the molecule is CCOC(=O)c1c(/C=N\NC(N)=S)c[nH]c1C. The van der Waals surface area contributed by atoms with E-state index >= 15 is 0 Å². The third kappa shape index (κ3) is 3.56. The van der Waals surface area contributed by atoms with Crippen molar-refractivity contribution >= 4 is 29.5 Å². The first-order valence-electron chi connectivity index (χ1n) is 4.99. The Hall–Kier alpha value is -1.89. The van der Waals surface area contributed by atoms with Crippen LogP contribution in [0.4, 0.5) is 0 Å². The number of hydrazone groups is 1. The standard InChI is InChI=1S/C10H14N4O2S/c1-3-16-9(15)8-6(2)12-4-7(8)5-13-14-10(11)17/h4-5,12H,3H2,1-2H3,(H3,11,14,17)/b13-5-. The van der Waals surface area contributed by atoms with E-state index in [1.54, 1.807) is 20.0 Å². The van der Waals surface area contributed by atoms with Crippen molar-refractivity contribution < 1.29 is 9.53 Å². The predicted octanol–water partition coefficient (Wildman–Crippen LogP) is 0.667. The number of ether oxygens (including phenoxy) is 1. The van der Waals surface area contributed by atoms with Crippen LogP contribution in [0.2, 0.25) is 0 Å². The van der Waals surface area contributed by atoms with Gasteiger partial charge in [0, 0.05) is 17.5 Å². The van der Waals surface area contributed by atoms with Crippen molar-refractivity contribution in [1.82, 2.24) is 10.4 Å². The zero-order chi connectivity index (χ0) is 12.8. The van der Waals surface area contributed by atoms with Gasteiger partial charge in [-0.05, 0) is 26.1 Å². The zero-order valence-corrected chi connectivity index (χ0v) is 10.4. The first-order valence-corrected chi connectivity index (χ1v) is 5.40. The number of H-pyrrole nitrogens is 1. The molecule has 0 aliphatic heterocycles. The number of hydrogen-bond donors (Lipinski definition) is 3. The van der Waals surface area contributed by atoms with Crippen LogP contribution < -0.4 is 11.2 Å². The number of carbonyl (C=O) groups excluding carboxylic acids is 1. The Bertz CT molecular complexity index is 453. The van der Waals surface area contributed by atoms with Crippen molar-refractivity contribution in [2.24, 2.45) is 10.8 Å². The summed E-state index contributed by atoms with van der Waals surface area (Å²) in [5.74, 6) is -0.386. The van der Waals surface area contributed by atoms with Crippen LogP contribution in [0.15, 0.2) is 11.3 Å². The van der Waals surface area contributed by atoms with Gasteiger partial charge in [-0.1, -0.05) is 0 Å². The molecule has 0 atom stereocenters. The zero-order valence-electron chi connectivity index (χ0n) is 9.61. The quantitative estimate of drug-likeness (QED) is 0.318. The van der Waals surface area contributed by atoms with E-state index in [9.17, 15) is 4.79 Å². The molecule has 0 radical (unpaired) electrons. The van der Waals surface area contributed by atoms with Crippen molar-refractivity contribution in [3.05, 3.63) is 23.0 Å². The maximum atomic E-state index is 11.7. The van der Waals surface area contributed by atoms with E-state index in [0.717, 1.165) is 5.69 Å². The van der Waals surface area contributed by atoms with E-state index in [2.05, 4.69) is 27.7 Å². The van der Waals surface area contributed by atoms with Crippen LogP contribution in [0.1, 0.15) is 28.5 Å². The molecule has 0 saturated heterocycles. The summed E-state index contributed by atoms with van der Waals surface area (Å²) in [6, 6.07) is 0. The summed E-state index contributed by atoms with van der Waals surface area (Å²) >= 11 is 4.60. The predicted molar refractivity (Wildman–Crippen MR) is 69.0 cm³/mol. The maximum Gasteiger partial charge on any atom is 0.340 e. The minimum Gasteiger partial charge on any atom is -0.462 e. The minimum atomic E-state index is -0.386. The lowest BCUT2D eigenvalue weighted by Crippen LogP contribution is -2.24. The lowest BCUT2D eigenvalue weighted by Gasteiger charge is -2.02. The molecule has 0 spiro atoms. The average molecular weight is 254 g/mol. The van der Waals surface area contributed by atoms with Gasteiger partial charge in [-0.3, -0.25) is 5.43 Å². The Morgan fingerprint density at radius 3 is 3.06 bits per heavy atom. The topological polar surface area (TPSA) is 92.5 Å². The molecule has 0 aromatic carbocycles. The molecule has 0 aliphatic carbocycles. The van der Waals surface area contributed by atoms with E-state index in [1.165, 1.54) is 6.21 Å². The van der Waals surface area contributed by atoms with Crippen molar-refractivity contribution in [1.29, 1.82) is 0 Å². The molecule has 7 heteroatoms. The van der Waals surface area contributed by atoms with Crippen LogP contribution in [0.3, 0.4) is 0 Å². The lowest BCUT2D eigenvalue weighted by molar-refractivity contribution is 0.0525. The number of esters is 1. The molecule has 92 valence electrons. The highest BCUT2D eigenvalue weighted by molar-refractivity contribution is 7.80. The van der Waals surface area contributed by atoms with Gasteiger partial charge in [0.2, 0.25) is 0 Å². The second kappa shape index (κ2) is 6.00. The van der Waals surface area contributed by atoms with E-state index in [4.69, 9.17) is 10.5 Å². The van der Waals surface area contributed by atoms with Crippen LogP contribution in [0.5, 0.6) is 0 Å². The van der Waals surface area contributed by atoms with Crippen LogP contribution in [-0.4, -0.2) is 28.9 Å². The lowest BCUT2D eigenvalue weighted by atomic mass is 10.1. The molecule has 1 rings (SSSR count). The van der Waals surface area contributed by atoms with Crippen molar-refractivity contribution in [3.8, 4) is 0 Å². The maximum absolute atomic E-state index is 11.7. The summed E-state index contributed by atoms with van der Waals surface area (Å²) in [7, 11) is 0. The summed E-state index contributed by atoms with van der Waals surface area (Å²) in [5.41, 5.74) is 9.43. The van der Waals surface area contributed by atoms with Crippen LogP contribution in [0, 0.1) is 6.92 Å². The van der Waals surface area contributed by atoms with E-state index < -0.39 is 0 Å². The molecule has 0 fully saturated rings. The molecule has 4 N–H and O–H groups in total. The number of aromatic amines is 1. The molecule has 0 bridgehead atoms. The highest BCUT2D eigenvalue weighted by Gasteiger charge is 2.16. The summed E-state index contributed by atoms with van der Waals surface area (Å²) in [4.78, 5) is 14.6. The Balaban J connectivity index is 2.89. The largest absolute Gasteiger partial charge is 0.462 e. The first kappa shape index (κ1) is 13.2. The fourth-order valence-corrected chi connectivity index (χ4v) is 1.34. The number of hydrogen-bond acceptors (Lipinski definition) is 4. The fourth-order valence-electron chi connectivity index (χ4n) is 1.29. The number of thiocarbonyl (C=S) groups is 1. The summed E-state index contributed by atoms with van der Waals surface area (Å²) in [5, 5.41) is 3.85. The molecular weight excluding hydrogens is 240 g/mol. The Morgan fingerprint density at radius 1 is 1.76 bits per heavy atom. The van der Waals surface area contributed by atoms with Gasteiger partial charge in [0.05, 0.1) is 18.4 Å². The Labute approximate surface area is 104 Å². The molecule has 0 unspecified atom stereocenters. The van der Waals surface area contributed by atoms with Gasteiger partial charge in [0.15, 0.2) is 5.11 Å². The van der Waals surface area contributed by atoms with Crippen molar-refractivity contribution in [2.75, 3.05) is 6.61 Å². The van der Waals surface area contributed by atoms with E-state index in [-0.39, 0.29) is 11.1 Å². The summed E-state index contributed by atoms with van der Waals surface area (Å²) in [6.07, 6.45) is 3.11. The highest BCUT2D eigenvalue weighted by atomic mass is 32.1. The third-order valence-corrected chi connectivity index (χ3v) is 2.06. The van der Waals surface area contributed by atoms with Crippen molar-refractivity contribution in [2.45, 2.75) is 13.8 Å². The first-order chi connectivity index (χ1) is 8.06. The van der Waals surface area contributed by atoms with Gasteiger partial charge in [-0.25, -0.2) is 4.79 Å². The number of aryl methyl sites for hydroxylation is 1. The average Bonchev–Trinajstić information content (AvgIpc) is 2.60. The minimum absolute atomic E-state index is 0.0613. The molecule has 1 aromatic heterocycles. The highest BCUT2D eigenvalue weighted by Crippen LogP contribution is 2.12. The molecule has 1 heterocycles.